The van der Waals surface area contributed by atoms with Crippen LogP contribution in [-0.4, -0.2) is 61.7 Å². The monoisotopic (exact) mass is 554 g/mol. The largest absolute Gasteiger partial charge is 0.494 e. The fourth-order valence-corrected chi connectivity index (χ4v) is 5.19. The Labute approximate surface area is 219 Å². The highest BCUT2D eigenvalue weighted by molar-refractivity contribution is 9.10. The van der Waals surface area contributed by atoms with Crippen molar-refractivity contribution in [2.45, 2.75) is 26.3 Å². The summed E-state index contributed by atoms with van der Waals surface area (Å²) in [6.45, 7) is 9.14. The van der Waals surface area contributed by atoms with Crippen LogP contribution in [0.5, 0.6) is 5.75 Å². The average molecular weight is 555 g/mol. The Morgan fingerprint density at radius 2 is 1.89 bits per heavy atom. The Balaban J connectivity index is 1.54. The van der Waals surface area contributed by atoms with Gasteiger partial charge in [0.15, 0.2) is 5.43 Å². The molecule has 1 amide bonds. The van der Waals surface area contributed by atoms with Crippen molar-refractivity contribution in [3.8, 4) is 5.75 Å². The van der Waals surface area contributed by atoms with Gasteiger partial charge in [0.1, 0.15) is 11.3 Å². The quantitative estimate of drug-likeness (QED) is 0.396. The van der Waals surface area contributed by atoms with E-state index in [0.717, 1.165) is 35.3 Å². The molecule has 0 saturated carbocycles. The zero-order valence-corrected chi connectivity index (χ0v) is 22.3. The second kappa shape index (κ2) is 10.7. The van der Waals surface area contributed by atoms with Crippen LogP contribution in [0, 0.1) is 5.92 Å². The van der Waals surface area contributed by atoms with Crippen molar-refractivity contribution in [3.63, 3.8) is 0 Å². The molecular weight excluding hydrogens is 524 g/mol. The SMILES string of the molecule is CC(C)CCOc1cccc([C@@H]2c3c(oc4ccc(Br)cc4c3=O)C(=O)N2CCN2CCOCC2)c1. The van der Waals surface area contributed by atoms with Crippen molar-refractivity contribution in [3.05, 3.63) is 74.0 Å². The number of fused-ring (bicyclic) bond motifs is 2. The van der Waals surface area contributed by atoms with E-state index in [1.54, 1.807) is 17.0 Å². The van der Waals surface area contributed by atoms with Gasteiger partial charge in [-0.1, -0.05) is 41.9 Å². The first kappa shape index (κ1) is 25.0. The maximum atomic E-state index is 13.8. The van der Waals surface area contributed by atoms with Crippen molar-refractivity contribution in [1.82, 2.24) is 9.80 Å². The normalized spacial score (nSPS) is 18.3. The lowest BCUT2D eigenvalue weighted by Crippen LogP contribution is -2.42. The predicted molar refractivity (Wildman–Crippen MR) is 142 cm³/mol. The highest BCUT2D eigenvalue weighted by atomic mass is 79.9. The van der Waals surface area contributed by atoms with Crippen LogP contribution >= 0.6 is 15.9 Å². The number of ether oxygens (including phenoxy) is 2. The molecule has 190 valence electrons. The lowest BCUT2D eigenvalue weighted by molar-refractivity contribution is 0.0314. The number of carbonyl (C=O) groups is 1. The molecule has 3 aromatic rings. The summed E-state index contributed by atoms with van der Waals surface area (Å²) in [5, 5.41) is 0.459. The van der Waals surface area contributed by atoms with Crippen molar-refractivity contribution in [1.29, 1.82) is 0 Å². The van der Waals surface area contributed by atoms with Gasteiger partial charge < -0.3 is 18.8 Å². The van der Waals surface area contributed by atoms with Crippen LogP contribution in [0.25, 0.3) is 11.0 Å². The van der Waals surface area contributed by atoms with Crippen LogP contribution in [0.1, 0.15) is 48.0 Å². The van der Waals surface area contributed by atoms with Gasteiger partial charge >= 0.3 is 0 Å². The summed E-state index contributed by atoms with van der Waals surface area (Å²) in [6, 6.07) is 12.5. The number of benzene rings is 2. The third-order valence-electron chi connectivity index (χ3n) is 6.83. The van der Waals surface area contributed by atoms with Crippen LogP contribution in [0.3, 0.4) is 0 Å². The first-order chi connectivity index (χ1) is 17.4. The number of halogens is 1. The number of hydrogen-bond donors (Lipinski definition) is 0. The Kier molecular flexibility index (Phi) is 7.46. The molecule has 1 saturated heterocycles. The van der Waals surface area contributed by atoms with E-state index in [9.17, 15) is 9.59 Å². The van der Waals surface area contributed by atoms with Crippen LogP contribution in [0.2, 0.25) is 0 Å². The van der Waals surface area contributed by atoms with Crippen molar-refractivity contribution in [2.75, 3.05) is 46.0 Å². The van der Waals surface area contributed by atoms with Gasteiger partial charge in [-0.05, 0) is 48.2 Å². The molecule has 5 rings (SSSR count). The van der Waals surface area contributed by atoms with Crippen LogP contribution in [-0.2, 0) is 4.74 Å². The molecule has 0 N–H and O–H groups in total. The molecular formula is C28H31BrN2O5. The molecule has 0 spiro atoms. The molecule has 0 bridgehead atoms. The molecule has 1 atom stereocenters. The zero-order valence-electron chi connectivity index (χ0n) is 20.7. The standard InChI is InChI=1S/C28H31BrN2O5/c1-18(2)8-13-35-21-5-3-4-19(16-21)25-24-26(32)22-17-20(29)6-7-23(22)36-27(24)28(33)31(25)10-9-30-11-14-34-15-12-30/h3-7,16-18,25H,8-15H2,1-2H3/t25-/m1/s1. The van der Waals surface area contributed by atoms with E-state index in [2.05, 4.69) is 34.7 Å². The number of hydrogen-bond acceptors (Lipinski definition) is 6. The number of carbonyl (C=O) groups excluding carboxylic acids is 1. The Morgan fingerprint density at radius 3 is 2.67 bits per heavy atom. The number of amides is 1. The first-order valence-corrected chi connectivity index (χ1v) is 13.3. The molecule has 2 aliphatic rings. The zero-order chi connectivity index (χ0) is 25.2. The summed E-state index contributed by atoms with van der Waals surface area (Å²) in [7, 11) is 0. The smallest absolute Gasteiger partial charge is 0.290 e. The molecule has 8 heteroatoms. The van der Waals surface area contributed by atoms with Gasteiger partial charge in [-0.2, -0.15) is 0 Å². The maximum Gasteiger partial charge on any atom is 0.290 e. The van der Waals surface area contributed by atoms with Crippen molar-refractivity contribution in [2.24, 2.45) is 5.92 Å². The van der Waals surface area contributed by atoms with E-state index in [1.807, 2.05) is 30.3 Å². The molecule has 1 aromatic heterocycles. The topological polar surface area (TPSA) is 72.2 Å². The molecule has 1 fully saturated rings. The van der Waals surface area contributed by atoms with Crippen LogP contribution in [0.15, 0.2) is 56.1 Å². The lowest BCUT2D eigenvalue weighted by atomic mass is 9.98. The minimum absolute atomic E-state index is 0.132. The van der Waals surface area contributed by atoms with Crippen LogP contribution < -0.4 is 10.2 Å². The summed E-state index contributed by atoms with van der Waals surface area (Å²) in [6.07, 6.45) is 0.950. The minimum atomic E-state index is -0.540. The van der Waals surface area contributed by atoms with E-state index in [-0.39, 0.29) is 17.1 Å². The van der Waals surface area contributed by atoms with Gasteiger partial charge in [-0.3, -0.25) is 14.5 Å². The van der Waals surface area contributed by atoms with Gasteiger partial charge in [-0.15, -0.1) is 0 Å². The minimum Gasteiger partial charge on any atom is -0.494 e. The Morgan fingerprint density at radius 1 is 1.08 bits per heavy atom. The Hall–Kier alpha value is -2.68. The second-order valence-corrected chi connectivity index (χ2v) is 10.7. The lowest BCUT2D eigenvalue weighted by Gasteiger charge is -2.31. The molecule has 0 aliphatic carbocycles. The molecule has 0 unspecified atom stereocenters. The van der Waals surface area contributed by atoms with Crippen molar-refractivity contribution < 1.29 is 18.7 Å². The van der Waals surface area contributed by atoms with E-state index < -0.39 is 6.04 Å². The molecule has 36 heavy (non-hydrogen) atoms. The fraction of sp³-hybridized carbons (Fsp3) is 0.429. The third-order valence-corrected chi connectivity index (χ3v) is 7.32. The highest BCUT2D eigenvalue weighted by Gasteiger charge is 2.42. The van der Waals surface area contributed by atoms with Gasteiger partial charge in [-0.25, -0.2) is 0 Å². The van der Waals surface area contributed by atoms with Crippen LogP contribution in [0.4, 0.5) is 0 Å². The van der Waals surface area contributed by atoms with Gasteiger partial charge in [0.2, 0.25) is 5.76 Å². The summed E-state index contributed by atoms with van der Waals surface area (Å²) >= 11 is 3.45. The van der Waals surface area contributed by atoms with Gasteiger partial charge in [0, 0.05) is 30.7 Å². The van der Waals surface area contributed by atoms with Gasteiger partial charge in [0.25, 0.3) is 5.91 Å². The van der Waals surface area contributed by atoms with E-state index in [4.69, 9.17) is 13.9 Å². The van der Waals surface area contributed by atoms with E-state index >= 15 is 0 Å². The summed E-state index contributed by atoms with van der Waals surface area (Å²) in [4.78, 5) is 31.5. The first-order valence-electron chi connectivity index (χ1n) is 12.5. The predicted octanol–water partition coefficient (Wildman–Crippen LogP) is 4.86. The number of morpholine rings is 1. The molecule has 2 aliphatic heterocycles. The average Bonchev–Trinajstić information content (AvgIpc) is 3.15. The summed E-state index contributed by atoms with van der Waals surface area (Å²) < 4.78 is 18.3. The molecule has 0 radical (unpaired) electrons. The third kappa shape index (κ3) is 5.08. The van der Waals surface area contributed by atoms with Crippen molar-refractivity contribution >= 4 is 32.8 Å². The Bertz CT molecular complexity index is 1320. The fourth-order valence-electron chi connectivity index (χ4n) is 4.83. The van der Waals surface area contributed by atoms with Gasteiger partial charge in [0.05, 0.1) is 36.8 Å². The molecule has 7 nitrogen and oxygen atoms in total. The number of nitrogens with zero attached hydrogens (tertiary/aromatic N) is 2. The summed E-state index contributed by atoms with van der Waals surface area (Å²) in [5.41, 5.74) is 1.47. The molecule has 2 aromatic carbocycles. The van der Waals surface area contributed by atoms with E-state index in [1.165, 1.54) is 0 Å². The maximum absolute atomic E-state index is 13.8. The highest BCUT2D eigenvalue weighted by Crippen LogP contribution is 2.39. The molecule has 3 heterocycles. The number of rotatable bonds is 8. The van der Waals surface area contributed by atoms with E-state index in [0.29, 0.717) is 55.4 Å². The second-order valence-electron chi connectivity index (χ2n) is 9.77. The summed E-state index contributed by atoms with van der Waals surface area (Å²) in [5.74, 6) is 1.15.